The molecule has 2 aromatic heterocycles. The summed E-state index contributed by atoms with van der Waals surface area (Å²) in [5, 5.41) is 28.0. The number of hydrogen-bond acceptors (Lipinski definition) is 8. The Balaban J connectivity index is 1.40. The second-order valence-corrected chi connectivity index (χ2v) is 14.7. The van der Waals surface area contributed by atoms with Gasteiger partial charge < -0.3 is 15.5 Å². The van der Waals surface area contributed by atoms with Gasteiger partial charge in [0, 0.05) is 55.6 Å². The number of aromatic nitrogens is 4. The van der Waals surface area contributed by atoms with Gasteiger partial charge in [-0.1, -0.05) is 66.2 Å². The zero-order valence-corrected chi connectivity index (χ0v) is 30.9. The molecule has 10 nitrogen and oxygen atoms in total. The number of anilines is 3. The topological polar surface area (TPSA) is 115 Å². The van der Waals surface area contributed by atoms with Gasteiger partial charge in [-0.3, -0.25) is 14.7 Å². The lowest BCUT2D eigenvalue weighted by Crippen LogP contribution is -2.46. The van der Waals surface area contributed by atoms with Crippen molar-refractivity contribution in [1.82, 2.24) is 24.9 Å². The third-order valence-electron chi connectivity index (χ3n) is 9.96. The molecule has 3 heterocycles. The van der Waals surface area contributed by atoms with Crippen LogP contribution in [-0.4, -0.2) is 56.5 Å². The number of nitrogens with one attached hydrogen (secondary N) is 2. The molecule has 2 atom stereocenters. The second-order valence-electron chi connectivity index (χ2n) is 14.3. The Morgan fingerprint density at radius 3 is 2.45 bits per heavy atom. The number of fused-ring (bicyclic) bond motifs is 1. The maximum Gasteiger partial charge on any atom is 0.223 e. The Labute approximate surface area is 305 Å². The number of hydrogen-bond donors (Lipinski definition) is 2. The van der Waals surface area contributed by atoms with Gasteiger partial charge in [0.15, 0.2) is 0 Å². The number of nitrogens with zero attached hydrogens (tertiary/aromatic N) is 7. The smallest absolute Gasteiger partial charge is 0.223 e. The fourth-order valence-electron chi connectivity index (χ4n) is 6.86. The summed E-state index contributed by atoms with van der Waals surface area (Å²) in [7, 11) is 1.76. The minimum absolute atomic E-state index is 0.0293. The van der Waals surface area contributed by atoms with Crippen molar-refractivity contribution in [3.8, 4) is 6.07 Å². The molecule has 2 N–H and O–H groups in total. The van der Waals surface area contributed by atoms with Crippen LogP contribution in [0, 0.1) is 11.3 Å². The highest BCUT2D eigenvalue weighted by molar-refractivity contribution is 6.35. The highest BCUT2D eigenvalue weighted by atomic mass is 35.5. The Morgan fingerprint density at radius 2 is 1.78 bits per heavy atom. The SMILES string of the molecule is CC[C@@H](Nc1c(C#N)cnc2c(Cl)cc(N[C@@H](c3cccc(N(C)C(C)=O)c3)c3cn(C4CCN(C(C)(C)C)CC4)nn3)cc12)c1ccccc1. The average molecular weight is 704 g/mol. The van der Waals surface area contributed by atoms with Crippen molar-refractivity contribution in [2.45, 2.75) is 77.5 Å². The number of piperidine rings is 1. The number of pyridine rings is 1. The zero-order valence-electron chi connectivity index (χ0n) is 30.2. The van der Waals surface area contributed by atoms with Gasteiger partial charge >= 0.3 is 0 Å². The molecule has 1 aliphatic heterocycles. The largest absolute Gasteiger partial charge is 0.377 e. The maximum atomic E-state index is 12.3. The summed E-state index contributed by atoms with van der Waals surface area (Å²) in [4.78, 5) is 21.0. The fourth-order valence-corrected chi connectivity index (χ4v) is 7.12. The molecule has 0 aliphatic carbocycles. The first-order valence-electron chi connectivity index (χ1n) is 17.6. The van der Waals surface area contributed by atoms with E-state index in [4.69, 9.17) is 16.7 Å². The first-order valence-corrected chi connectivity index (χ1v) is 18.0. The quantitative estimate of drug-likeness (QED) is 0.149. The minimum atomic E-state index is -0.432. The fraction of sp³-hybridized carbons (Fsp3) is 0.375. The van der Waals surface area contributed by atoms with Gasteiger partial charge in [-0.2, -0.15) is 5.26 Å². The van der Waals surface area contributed by atoms with E-state index >= 15 is 0 Å². The number of nitriles is 1. The van der Waals surface area contributed by atoms with Crippen molar-refractivity contribution in [2.75, 3.05) is 35.7 Å². The molecule has 6 rings (SSSR count). The molecule has 264 valence electrons. The number of amides is 1. The van der Waals surface area contributed by atoms with E-state index in [9.17, 15) is 10.1 Å². The molecule has 11 heteroatoms. The van der Waals surface area contributed by atoms with Gasteiger partial charge in [-0.25, -0.2) is 4.68 Å². The van der Waals surface area contributed by atoms with Crippen molar-refractivity contribution >= 4 is 45.5 Å². The summed E-state index contributed by atoms with van der Waals surface area (Å²) in [6.45, 7) is 12.4. The second kappa shape index (κ2) is 15.1. The number of rotatable bonds is 10. The molecule has 0 unspecified atom stereocenters. The van der Waals surface area contributed by atoms with Gasteiger partial charge in [0.05, 0.1) is 46.1 Å². The molecule has 5 aromatic rings. The van der Waals surface area contributed by atoms with Crippen LogP contribution in [0.2, 0.25) is 5.02 Å². The predicted molar refractivity (Wildman–Crippen MR) is 205 cm³/mol. The summed E-state index contributed by atoms with van der Waals surface area (Å²) in [5.74, 6) is -0.0628. The molecule has 1 fully saturated rings. The Kier molecular flexibility index (Phi) is 10.6. The molecular formula is C40H46ClN9O. The molecular weight excluding hydrogens is 658 g/mol. The maximum absolute atomic E-state index is 12.3. The predicted octanol–water partition coefficient (Wildman–Crippen LogP) is 8.53. The molecule has 0 spiro atoms. The van der Waals surface area contributed by atoms with Crippen LogP contribution in [0.4, 0.5) is 17.1 Å². The highest BCUT2D eigenvalue weighted by Crippen LogP contribution is 2.38. The normalized spacial score (nSPS) is 15.3. The molecule has 1 amide bonds. The Hall–Kier alpha value is -4.98. The first kappa shape index (κ1) is 35.8. The third kappa shape index (κ3) is 7.85. The molecule has 51 heavy (non-hydrogen) atoms. The van der Waals surface area contributed by atoms with E-state index in [0.29, 0.717) is 21.8 Å². The minimum Gasteiger partial charge on any atom is -0.377 e. The molecule has 0 bridgehead atoms. The summed E-state index contributed by atoms with van der Waals surface area (Å²) in [6.07, 6.45) is 6.40. The van der Waals surface area contributed by atoms with E-state index in [-0.39, 0.29) is 23.5 Å². The van der Waals surface area contributed by atoms with Crippen molar-refractivity contribution in [3.05, 3.63) is 107 Å². The van der Waals surface area contributed by atoms with E-state index in [1.54, 1.807) is 25.1 Å². The van der Waals surface area contributed by atoms with Crippen LogP contribution in [0.25, 0.3) is 10.9 Å². The number of carbonyl (C=O) groups is 1. The lowest BCUT2D eigenvalue weighted by Gasteiger charge is -2.40. The van der Waals surface area contributed by atoms with Crippen LogP contribution in [0.1, 0.15) is 94.4 Å². The first-order chi connectivity index (χ1) is 24.5. The van der Waals surface area contributed by atoms with Crippen LogP contribution >= 0.6 is 11.6 Å². The van der Waals surface area contributed by atoms with Gasteiger partial charge in [-0.05, 0) is 75.4 Å². The van der Waals surface area contributed by atoms with Crippen LogP contribution in [0.3, 0.4) is 0 Å². The Bertz CT molecular complexity index is 2040. The Morgan fingerprint density at radius 1 is 1.06 bits per heavy atom. The zero-order chi connectivity index (χ0) is 36.3. The van der Waals surface area contributed by atoms with Gasteiger partial charge in [-0.15, -0.1) is 5.10 Å². The van der Waals surface area contributed by atoms with E-state index in [2.05, 4.69) is 71.6 Å². The van der Waals surface area contributed by atoms with E-state index in [1.165, 1.54) is 0 Å². The van der Waals surface area contributed by atoms with Crippen LogP contribution < -0.4 is 15.5 Å². The van der Waals surface area contributed by atoms with E-state index in [0.717, 1.165) is 65.9 Å². The molecule has 3 aromatic carbocycles. The summed E-state index contributed by atoms with van der Waals surface area (Å²) in [6, 6.07) is 24.0. The highest BCUT2D eigenvalue weighted by Gasteiger charge is 2.29. The lowest BCUT2D eigenvalue weighted by atomic mass is 9.98. The lowest BCUT2D eigenvalue weighted by molar-refractivity contribution is -0.116. The van der Waals surface area contributed by atoms with Crippen molar-refractivity contribution in [3.63, 3.8) is 0 Å². The van der Waals surface area contributed by atoms with Crippen molar-refractivity contribution in [1.29, 1.82) is 5.26 Å². The van der Waals surface area contributed by atoms with Crippen LogP contribution in [0.5, 0.6) is 0 Å². The van der Waals surface area contributed by atoms with Crippen molar-refractivity contribution < 1.29 is 4.79 Å². The van der Waals surface area contributed by atoms with E-state index < -0.39 is 6.04 Å². The molecule has 1 aliphatic rings. The number of benzene rings is 3. The monoisotopic (exact) mass is 703 g/mol. The summed E-state index contributed by atoms with van der Waals surface area (Å²) >= 11 is 6.95. The van der Waals surface area contributed by atoms with Crippen LogP contribution in [-0.2, 0) is 4.79 Å². The van der Waals surface area contributed by atoms with Crippen molar-refractivity contribution in [2.24, 2.45) is 0 Å². The third-order valence-corrected chi connectivity index (χ3v) is 10.2. The number of halogens is 1. The summed E-state index contributed by atoms with van der Waals surface area (Å²) in [5.41, 5.74) is 6.10. The summed E-state index contributed by atoms with van der Waals surface area (Å²) < 4.78 is 2.00. The van der Waals surface area contributed by atoms with Gasteiger partial charge in [0.1, 0.15) is 11.8 Å². The number of carbonyl (C=O) groups excluding carboxylic acids is 1. The molecule has 1 saturated heterocycles. The van der Waals surface area contributed by atoms with Gasteiger partial charge in [0.2, 0.25) is 5.91 Å². The average Bonchev–Trinajstić information content (AvgIpc) is 3.62. The number of likely N-dealkylation sites (tertiary alicyclic amines) is 1. The molecule has 0 saturated carbocycles. The van der Waals surface area contributed by atoms with Crippen LogP contribution in [0.15, 0.2) is 79.1 Å². The van der Waals surface area contributed by atoms with Gasteiger partial charge in [0.25, 0.3) is 0 Å². The standard InChI is InChI=1S/C40H46ClN9O/c1-7-35(27-12-9-8-10-13-27)45-37-29(23-42)24-43-39-33(37)21-30(22-34(39)41)44-38(28-14-11-15-32(20-28)48(6)26(2)51)36-25-50(47-46-36)31-16-18-49(19-17-31)40(3,4)5/h8-15,20-22,24-25,31,35,38,44H,7,16-19H2,1-6H3,(H,43,45)/t35-,38+/m1/s1. The van der Waals surface area contributed by atoms with E-state index in [1.807, 2.05) is 65.5 Å². The molecule has 0 radical (unpaired) electrons.